The summed E-state index contributed by atoms with van der Waals surface area (Å²) in [5.74, 6) is 0. The predicted molar refractivity (Wildman–Crippen MR) is 75.8 cm³/mol. The first-order chi connectivity index (χ1) is 9.64. The zero-order chi connectivity index (χ0) is 14.4. The molecule has 0 saturated carbocycles. The van der Waals surface area contributed by atoms with Crippen LogP contribution in [0.1, 0.15) is 38.5 Å². The fraction of sp³-hybridized carbons (Fsp3) is 0.769. The summed E-state index contributed by atoms with van der Waals surface area (Å²) in [6, 6.07) is 0. The molecule has 0 unspecified atom stereocenters. The Morgan fingerprint density at radius 1 is 1.15 bits per heavy atom. The Morgan fingerprint density at radius 2 is 1.80 bits per heavy atom. The highest BCUT2D eigenvalue weighted by molar-refractivity contribution is 7.89. The Hall–Kier alpha value is -0.920. The molecular weight excluding hydrogens is 278 g/mol. The van der Waals surface area contributed by atoms with Gasteiger partial charge in [0.2, 0.25) is 10.0 Å². The molecule has 1 aromatic heterocycles. The number of hydrogen-bond acceptors (Lipinski definition) is 4. The molecule has 1 saturated heterocycles. The molecule has 20 heavy (non-hydrogen) atoms. The second-order valence-corrected chi connectivity index (χ2v) is 7.13. The van der Waals surface area contributed by atoms with E-state index in [1.807, 2.05) is 0 Å². The predicted octanol–water partition coefficient (Wildman–Crippen LogP) is 1.22. The van der Waals surface area contributed by atoms with Crippen LogP contribution < -0.4 is 0 Å². The van der Waals surface area contributed by atoms with Gasteiger partial charge in [-0.2, -0.15) is 9.40 Å². The maximum absolute atomic E-state index is 12.6. The maximum atomic E-state index is 12.6. The van der Waals surface area contributed by atoms with Crippen molar-refractivity contribution in [2.75, 3.05) is 19.7 Å². The summed E-state index contributed by atoms with van der Waals surface area (Å²) in [6.07, 6.45) is 8.80. The van der Waals surface area contributed by atoms with E-state index in [0.29, 0.717) is 26.1 Å². The van der Waals surface area contributed by atoms with Gasteiger partial charge >= 0.3 is 0 Å². The van der Waals surface area contributed by atoms with Gasteiger partial charge < -0.3 is 5.11 Å². The first-order valence-electron chi connectivity index (χ1n) is 7.28. The minimum atomic E-state index is -3.42. The van der Waals surface area contributed by atoms with Gasteiger partial charge in [0.25, 0.3) is 0 Å². The van der Waals surface area contributed by atoms with Crippen molar-refractivity contribution in [1.82, 2.24) is 14.1 Å². The molecule has 1 aliphatic heterocycles. The lowest BCUT2D eigenvalue weighted by Gasteiger charge is -2.23. The smallest absolute Gasteiger partial charge is 0.246 e. The maximum Gasteiger partial charge on any atom is 0.246 e. The summed E-state index contributed by atoms with van der Waals surface area (Å²) in [5.41, 5.74) is 0. The summed E-state index contributed by atoms with van der Waals surface area (Å²) in [6.45, 7) is 1.81. The topological polar surface area (TPSA) is 75.4 Å². The van der Waals surface area contributed by atoms with E-state index in [9.17, 15) is 8.42 Å². The van der Waals surface area contributed by atoms with Crippen molar-refractivity contribution < 1.29 is 13.5 Å². The number of sulfonamides is 1. The van der Waals surface area contributed by atoms with Gasteiger partial charge in [0, 0.05) is 32.4 Å². The Balaban J connectivity index is 2.09. The lowest BCUT2D eigenvalue weighted by atomic mass is 10.1. The molecule has 1 aromatic rings. The Kier molecular flexibility index (Phi) is 5.56. The highest BCUT2D eigenvalue weighted by Gasteiger charge is 2.25. The molecule has 0 aliphatic carbocycles. The largest absolute Gasteiger partial charge is 0.396 e. The number of hydrogen-bond donors (Lipinski definition) is 1. The zero-order valence-corrected chi connectivity index (χ0v) is 12.6. The van der Waals surface area contributed by atoms with Crippen LogP contribution in [0.5, 0.6) is 0 Å². The minimum absolute atomic E-state index is 0.0774. The van der Waals surface area contributed by atoms with Gasteiger partial charge in [-0.1, -0.05) is 19.3 Å². The number of aliphatic hydroxyl groups is 1. The molecule has 1 fully saturated rings. The molecule has 0 atom stereocenters. The number of rotatable bonds is 5. The van der Waals surface area contributed by atoms with Crippen molar-refractivity contribution in [3.05, 3.63) is 12.4 Å². The molecule has 2 rings (SSSR count). The summed E-state index contributed by atoms with van der Waals surface area (Å²) >= 11 is 0. The molecule has 114 valence electrons. The second kappa shape index (κ2) is 7.19. The highest BCUT2D eigenvalue weighted by atomic mass is 32.2. The zero-order valence-electron chi connectivity index (χ0n) is 11.7. The Bertz CT molecular complexity index is 505. The lowest BCUT2D eigenvalue weighted by molar-refractivity contribution is 0.277. The average molecular weight is 301 g/mol. The Labute approximate surface area is 120 Å². The van der Waals surface area contributed by atoms with Gasteiger partial charge in [0.15, 0.2) is 0 Å². The van der Waals surface area contributed by atoms with E-state index in [1.165, 1.54) is 12.6 Å². The van der Waals surface area contributed by atoms with E-state index in [1.54, 1.807) is 15.2 Å². The molecule has 0 bridgehead atoms. The lowest BCUT2D eigenvalue weighted by Crippen LogP contribution is -2.33. The monoisotopic (exact) mass is 301 g/mol. The molecule has 6 nitrogen and oxygen atoms in total. The van der Waals surface area contributed by atoms with E-state index in [2.05, 4.69) is 5.10 Å². The van der Waals surface area contributed by atoms with E-state index in [-0.39, 0.29) is 11.5 Å². The van der Waals surface area contributed by atoms with Gasteiger partial charge in [0.1, 0.15) is 4.90 Å². The van der Waals surface area contributed by atoms with Crippen molar-refractivity contribution in [2.45, 2.75) is 50.0 Å². The summed E-state index contributed by atoms with van der Waals surface area (Å²) in [4.78, 5) is 0.260. The fourth-order valence-electron chi connectivity index (χ4n) is 2.44. The van der Waals surface area contributed by atoms with E-state index >= 15 is 0 Å². The molecule has 0 radical (unpaired) electrons. The van der Waals surface area contributed by atoms with Crippen LogP contribution in [-0.4, -0.2) is 47.3 Å². The molecule has 1 aliphatic rings. The highest BCUT2D eigenvalue weighted by Crippen LogP contribution is 2.19. The molecule has 1 N–H and O–H groups in total. The summed E-state index contributed by atoms with van der Waals surface area (Å²) in [5, 5.41) is 12.8. The molecule has 2 heterocycles. The van der Waals surface area contributed by atoms with Crippen molar-refractivity contribution in [3.8, 4) is 0 Å². The standard InChI is InChI=1S/C13H23N3O3S/c17-10-6-7-15-12-13(11-14-15)20(18,19)16-8-4-2-1-3-5-9-16/h11-12,17H,1-10H2. The van der Waals surface area contributed by atoms with Crippen molar-refractivity contribution in [3.63, 3.8) is 0 Å². The van der Waals surface area contributed by atoms with Crippen LogP contribution in [0.15, 0.2) is 17.3 Å². The van der Waals surface area contributed by atoms with Crippen molar-refractivity contribution in [2.24, 2.45) is 0 Å². The Morgan fingerprint density at radius 3 is 2.45 bits per heavy atom. The fourth-order valence-corrected chi connectivity index (χ4v) is 3.91. The van der Waals surface area contributed by atoms with Crippen molar-refractivity contribution in [1.29, 1.82) is 0 Å². The average Bonchev–Trinajstić information content (AvgIpc) is 2.84. The van der Waals surface area contributed by atoms with Crippen LogP contribution in [0.2, 0.25) is 0 Å². The van der Waals surface area contributed by atoms with Gasteiger partial charge in [-0.05, 0) is 19.3 Å². The SMILES string of the molecule is O=S(=O)(c1cnn(CCCO)c1)N1CCCCCCC1. The van der Waals surface area contributed by atoms with Crippen LogP contribution >= 0.6 is 0 Å². The van der Waals surface area contributed by atoms with Gasteiger partial charge in [-0.3, -0.25) is 4.68 Å². The van der Waals surface area contributed by atoms with Crippen LogP contribution in [-0.2, 0) is 16.6 Å². The molecule has 0 spiro atoms. The van der Waals surface area contributed by atoms with Crippen LogP contribution in [0, 0.1) is 0 Å². The van der Waals surface area contributed by atoms with Crippen LogP contribution in [0.3, 0.4) is 0 Å². The molecule has 0 amide bonds. The minimum Gasteiger partial charge on any atom is -0.396 e. The third-order valence-electron chi connectivity index (χ3n) is 3.61. The van der Waals surface area contributed by atoms with Crippen molar-refractivity contribution >= 4 is 10.0 Å². The van der Waals surface area contributed by atoms with Gasteiger partial charge in [-0.15, -0.1) is 0 Å². The second-order valence-electron chi connectivity index (χ2n) is 5.19. The number of nitrogens with zero attached hydrogens (tertiary/aromatic N) is 3. The number of aromatic nitrogens is 2. The first-order valence-corrected chi connectivity index (χ1v) is 8.72. The normalized spacial score (nSPS) is 18.6. The number of aliphatic hydroxyl groups excluding tert-OH is 1. The summed E-state index contributed by atoms with van der Waals surface area (Å²) in [7, 11) is -3.42. The van der Waals surface area contributed by atoms with Gasteiger partial charge in [-0.25, -0.2) is 8.42 Å². The first kappa shape index (κ1) is 15.5. The quantitative estimate of drug-likeness (QED) is 0.887. The van der Waals surface area contributed by atoms with E-state index in [0.717, 1.165) is 25.7 Å². The molecule has 0 aromatic carbocycles. The van der Waals surface area contributed by atoms with Gasteiger partial charge in [0.05, 0.1) is 6.20 Å². The van der Waals surface area contributed by atoms with E-state index < -0.39 is 10.0 Å². The number of aryl methyl sites for hydroxylation is 1. The van der Waals surface area contributed by atoms with Crippen LogP contribution in [0.25, 0.3) is 0 Å². The summed E-state index contributed by atoms with van der Waals surface area (Å²) < 4.78 is 28.3. The molecule has 7 heteroatoms. The van der Waals surface area contributed by atoms with Crippen LogP contribution in [0.4, 0.5) is 0 Å². The molecular formula is C13H23N3O3S. The third-order valence-corrected chi connectivity index (χ3v) is 5.46. The third kappa shape index (κ3) is 3.80. The van der Waals surface area contributed by atoms with E-state index in [4.69, 9.17) is 5.11 Å².